The minimum atomic E-state index is 0.605. The first-order chi connectivity index (χ1) is 16.6. The summed E-state index contributed by atoms with van der Waals surface area (Å²) in [5.41, 5.74) is 2.00. The molecule has 1 saturated heterocycles. The van der Waals surface area contributed by atoms with E-state index in [4.69, 9.17) is 39.5 Å². The molecule has 3 aromatic rings. The van der Waals surface area contributed by atoms with Gasteiger partial charge in [0.1, 0.15) is 5.75 Å². The summed E-state index contributed by atoms with van der Waals surface area (Å²) >= 11 is 20.5. The maximum Gasteiger partial charge on any atom is 0.124 e. The molecule has 0 aliphatic carbocycles. The highest BCUT2D eigenvalue weighted by Gasteiger charge is 2.16. The van der Waals surface area contributed by atoms with Crippen LogP contribution in [0, 0.1) is 0 Å². The number of benzene rings is 3. The van der Waals surface area contributed by atoms with Crippen LogP contribution in [0.15, 0.2) is 71.6 Å². The third-order valence-corrected chi connectivity index (χ3v) is 7.64. The van der Waals surface area contributed by atoms with Crippen molar-refractivity contribution in [3.05, 3.63) is 87.4 Å². The summed E-state index contributed by atoms with van der Waals surface area (Å²) in [4.78, 5) is 3.61. The fourth-order valence-electron chi connectivity index (χ4n) is 4.06. The number of hydrogen-bond acceptors (Lipinski definition) is 4. The minimum Gasteiger partial charge on any atom is -0.493 e. The van der Waals surface area contributed by atoms with Crippen LogP contribution < -0.4 is 9.04 Å². The van der Waals surface area contributed by atoms with E-state index in [0.717, 1.165) is 34.9 Å². The topological polar surface area (TPSA) is 15.7 Å². The molecule has 3 nitrogen and oxygen atoms in total. The van der Waals surface area contributed by atoms with Crippen molar-refractivity contribution in [3.8, 4) is 5.75 Å². The largest absolute Gasteiger partial charge is 0.493 e. The zero-order valence-electron chi connectivity index (χ0n) is 19.1. The van der Waals surface area contributed by atoms with E-state index in [1.807, 2.05) is 54.6 Å². The molecule has 4 rings (SSSR count). The van der Waals surface area contributed by atoms with Gasteiger partial charge in [-0.25, -0.2) is 0 Å². The normalized spacial score (nSPS) is 14.2. The number of para-hydroxylation sites is 1. The highest BCUT2D eigenvalue weighted by molar-refractivity contribution is 8.00. The van der Waals surface area contributed by atoms with Crippen LogP contribution in [0.3, 0.4) is 0 Å². The smallest absolute Gasteiger partial charge is 0.124 e. The maximum atomic E-state index is 6.60. The lowest BCUT2D eigenvalue weighted by Gasteiger charge is -2.27. The number of halogens is 3. The molecule has 34 heavy (non-hydrogen) atoms. The highest BCUT2D eigenvalue weighted by atomic mass is 35.5. The molecule has 1 fully saturated rings. The van der Waals surface area contributed by atoms with Crippen molar-refractivity contribution in [1.29, 1.82) is 0 Å². The fourth-order valence-corrected chi connectivity index (χ4v) is 5.72. The van der Waals surface area contributed by atoms with Crippen LogP contribution in [0.1, 0.15) is 31.2 Å². The molecule has 0 saturated carbocycles. The van der Waals surface area contributed by atoms with Crippen molar-refractivity contribution >= 4 is 52.4 Å². The van der Waals surface area contributed by atoms with E-state index in [2.05, 4.69) is 15.3 Å². The second kappa shape index (κ2) is 12.9. The van der Waals surface area contributed by atoms with E-state index >= 15 is 0 Å². The van der Waals surface area contributed by atoms with Crippen LogP contribution in [0.5, 0.6) is 5.75 Å². The summed E-state index contributed by atoms with van der Waals surface area (Å²) in [5.74, 6) is 0.910. The quantitative estimate of drug-likeness (QED) is 0.191. The van der Waals surface area contributed by atoms with Gasteiger partial charge in [0.25, 0.3) is 0 Å². The van der Waals surface area contributed by atoms with Gasteiger partial charge in [0, 0.05) is 27.0 Å². The second-order valence-corrected chi connectivity index (χ2v) is 10.8. The van der Waals surface area contributed by atoms with Gasteiger partial charge >= 0.3 is 0 Å². The first-order valence-corrected chi connectivity index (χ1v) is 13.6. The number of hydrogen-bond donors (Lipinski definition) is 0. The first-order valence-electron chi connectivity index (χ1n) is 11.7. The number of anilines is 1. The minimum absolute atomic E-state index is 0.605. The highest BCUT2D eigenvalue weighted by Crippen LogP contribution is 2.38. The van der Waals surface area contributed by atoms with Crippen molar-refractivity contribution < 1.29 is 4.74 Å². The zero-order chi connectivity index (χ0) is 23.8. The van der Waals surface area contributed by atoms with E-state index in [9.17, 15) is 0 Å². The van der Waals surface area contributed by atoms with Gasteiger partial charge in [-0.05, 0) is 92.8 Å². The maximum absolute atomic E-state index is 6.60. The molecule has 1 aliphatic rings. The summed E-state index contributed by atoms with van der Waals surface area (Å²) in [6.45, 7) is 4.86. The predicted molar refractivity (Wildman–Crippen MR) is 147 cm³/mol. The molecule has 0 spiro atoms. The SMILES string of the molecule is Clc1ccc(SN(Cc2ccccc2OCCCN2CCCCC2)c2ccc(Cl)cc2Cl)cc1. The van der Waals surface area contributed by atoms with Crippen LogP contribution >= 0.6 is 46.8 Å². The van der Waals surface area contributed by atoms with Gasteiger partial charge in [0.2, 0.25) is 0 Å². The Balaban J connectivity index is 1.47. The molecular weight excluding hydrogens is 507 g/mol. The second-order valence-electron chi connectivity index (χ2n) is 8.39. The van der Waals surface area contributed by atoms with Gasteiger partial charge in [-0.2, -0.15) is 0 Å². The summed E-state index contributed by atoms with van der Waals surface area (Å²) in [5, 5.41) is 1.93. The molecule has 0 bridgehead atoms. The number of rotatable bonds is 10. The van der Waals surface area contributed by atoms with Crippen molar-refractivity contribution in [2.75, 3.05) is 30.5 Å². The average molecular weight is 536 g/mol. The Labute approximate surface area is 222 Å². The monoisotopic (exact) mass is 534 g/mol. The van der Waals surface area contributed by atoms with Crippen molar-refractivity contribution in [1.82, 2.24) is 4.90 Å². The standard InChI is InChI=1S/C27H29Cl3N2OS/c28-22-9-12-24(13-10-22)34-32(26-14-11-23(29)19-25(26)30)20-21-7-2-3-8-27(21)33-18-6-17-31-15-4-1-5-16-31/h2-3,7-14,19H,1,4-6,15-18,20H2. The van der Waals surface area contributed by atoms with Gasteiger partial charge in [-0.3, -0.25) is 0 Å². The molecule has 0 amide bonds. The Morgan fingerprint density at radius 3 is 2.35 bits per heavy atom. The lowest BCUT2D eigenvalue weighted by molar-refractivity contribution is 0.204. The molecule has 3 aromatic carbocycles. The molecule has 180 valence electrons. The molecule has 0 N–H and O–H groups in total. The van der Waals surface area contributed by atoms with E-state index in [1.54, 1.807) is 18.0 Å². The molecule has 0 unspecified atom stereocenters. The van der Waals surface area contributed by atoms with Gasteiger partial charge in [-0.15, -0.1) is 0 Å². The lowest BCUT2D eigenvalue weighted by Crippen LogP contribution is -2.31. The van der Waals surface area contributed by atoms with Gasteiger partial charge in [0.05, 0.1) is 23.9 Å². The van der Waals surface area contributed by atoms with Crippen LogP contribution in [0.2, 0.25) is 15.1 Å². The Bertz CT molecular complexity index is 1060. The van der Waals surface area contributed by atoms with Crippen LogP contribution in [0.25, 0.3) is 0 Å². The van der Waals surface area contributed by atoms with Crippen molar-refractivity contribution in [3.63, 3.8) is 0 Å². The van der Waals surface area contributed by atoms with E-state index in [0.29, 0.717) is 28.2 Å². The third-order valence-electron chi connectivity index (χ3n) is 5.82. The Kier molecular flexibility index (Phi) is 9.72. The van der Waals surface area contributed by atoms with E-state index in [1.165, 1.54) is 32.4 Å². The van der Waals surface area contributed by atoms with Gasteiger partial charge in [0.15, 0.2) is 0 Å². The molecule has 0 radical (unpaired) electrons. The van der Waals surface area contributed by atoms with Crippen LogP contribution in [-0.2, 0) is 6.54 Å². The first kappa shape index (κ1) is 25.5. The van der Waals surface area contributed by atoms with Crippen molar-refractivity contribution in [2.45, 2.75) is 37.1 Å². The molecule has 0 aromatic heterocycles. The molecule has 7 heteroatoms. The van der Waals surface area contributed by atoms with Crippen LogP contribution in [-0.4, -0.2) is 31.1 Å². The number of likely N-dealkylation sites (tertiary alicyclic amines) is 1. The van der Waals surface area contributed by atoms with E-state index in [-0.39, 0.29) is 0 Å². The van der Waals surface area contributed by atoms with Crippen LogP contribution in [0.4, 0.5) is 5.69 Å². The number of nitrogens with zero attached hydrogens (tertiary/aromatic N) is 2. The molecular formula is C27H29Cl3N2OS. The summed E-state index contributed by atoms with van der Waals surface area (Å²) < 4.78 is 8.41. The van der Waals surface area contributed by atoms with E-state index < -0.39 is 0 Å². The molecule has 1 heterocycles. The molecule has 1 aliphatic heterocycles. The number of ether oxygens (including phenoxy) is 1. The van der Waals surface area contributed by atoms with Gasteiger partial charge < -0.3 is 13.9 Å². The third kappa shape index (κ3) is 7.47. The summed E-state index contributed by atoms with van der Waals surface area (Å²) in [6.07, 6.45) is 5.03. The Morgan fingerprint density at radius 1 is 0.853 bits per heavy atom. The van der Waals surface area contributed by atoms with Crippen molar-refractivity contribution in [2.24, 2.45) is 0 Å². The molecule has 0 atom stereocenters. The number of piperidine rings is 1. The Hall–Kier alpha value is -1.56. The predicted octanol–water partition coefficient (Wildman–Crippen LogP) is 8.62. The Morgan fingerprint density at radius 2 is 1.59 bits per heavy atom. The van der Waals surface area contributed by atoms with Gasteiger partial charge in [-0.1, -0.05) is 59.4 Å². The summed E-state index contributed by atoms with van der Waals surface area (Å²) in [6, 6.07) is 21.6. The summed E-state index contributed by atoms with van der Waals surface area (Å²) in [7, 11) is 0. The fraction of sp³-hybridized carbons (Fsp3) is 0.333. The lowest BCUT2D eigenvalue weighted by atomic mass is 10.1. The zero-order valence-corrected chi connectivity index (χ0v) is 22.1. The average Bonchev–Trinajstić information content (AvgIpc) is 2.84.